The number of halogens is 1. The Kier molecular flexibility index (Phi) is 4.62. The van der Waals surface area contributed by atoms with Gasteiger partial charge in [0.1, 0.15) is 0 Å². The second kappa shape index (κ2) is 5.51. The Balaban J connectivity index is 2.63. The smallest absolute Gasteiger partial charge is 0.209 e. The molecule has 0 aliphatic heterocycles. The van der Waals surface area contributed by atoms with E-state index in [0.29, 0.717) is 11.1 Å². The van der Waals surface area contributed by atoms with Gasteiger partial charge in [0, 0.05) is 11.1 Å². The molecular formula is C9H14ClN3S. The van der Waals surface area contributed by atoms with E-state index in [4.69, 9.17) is 11.6 Å². The molecule has 14 heavy (non-hydrogen) atoms. The van der Waals surface area contributed by atoms with Gasteiger partial charge in [-0.05, 0) is 20.3 Å². The van der Waals surface area contributed by atoms with Crippen molar-refractivity contribution in [1.82, 2.24) is 15.2 Å². The maximum Gasteiger partial charge on any atom is 0.209 e. The average Bonchev–Trinajstić information content (AvgIpc) is 2.12. The SMILES string of the molecule is Cc1nnc(SC(C)CCCl)nc1C. The van der Waals surface area contributed by atoms with Crippen LogP contribution in [0.1, 0.15) is 24.7 Å². The molecule has 5 heteroatoms. The zero-order chi connectivity index (χ0) is 10.6. The van der Waals surface area contributed by atoms with Crippen LogP contribution in [0.15, 0.2) is 5.16 Å². The molecule has 78 valence electrons. The Morgan fingerprint density at radius 3 is 2.57 bits per heavy atom. The molecule has 0 amide bonds. The maximum absolute atomic E-state index is 5.65. The molecule has 3 nitrogen and oxygen atoms in total. The monoisotopic (exact) mass is 231 g/mol. The summed E-state index contributed by atoms with van der Waals surface area (Å²) in [5, 5.41) is 9.23. The standard InChI is InChI=1S/C9H14ClN3S/c1-6(4-5-10)14-9-11-7(2)8(3)12-13-9/h6H,4-5H2,1-3H3. The van der Waals surface area contributed by atoms with E-state index in [2.05, 4.69) is 22.1 Å². The summed E-state index contributed by atoms with van der Waals surface area (Å²) in [6.07, 6.45) is 0.961. The molecule has 0 aliphatic rings. The number of hydrogen-bond acceptors (Lipinski definition) is 4. The maximum atomic E-state index is 5.65. The fourth-order valence-electron chi connectivity index (χ4n) is 0.879. The summed E-state index contributed by atoms with van der Waals surface area (Å²) in [5.41, 5.74) is 1.83. The van der Waals surface area contributed by atoms with Gasteiger partial charge in [-0.3, -0.25) is 0 Å². The molecular weight excluding hydrogens is 218 g/mol. The van der Waals surface area contributed by atoms with Crippen molar-refractivity contribution in [3.63, 3.8) is 0 Å². The van der Waals surface area contributed by atoms with Crippen LogP contribution in [-0.4, -0.2) is 26.3 Å². The third-order valence-electron chi connectivity index (χ3n) is 1.89. The summed E-state index contributed by atoms with van der Waals surface area (Å²) in [7, 11) is 0. The topological polar surface area (TPSA) is 38.7 Å². The van der Waals surface area contributed by atoms with E-state index in [1.807, 2.05) is 13.8 Å². The van der Waals surface area contributed by atoms with Crippen LogP contribution in [0.4, 0.5) is 0 Å². The van der Waals surface area contributed by atoms with Crippen molar-refractivity contribution >= 4 is 23.4 Å². The summed E-state index contributed by atoms with van der Waals surface area (Å²) >= 11 is 7.27. The predicted octanol–water partition coefficient (Wildman–Crippen LogP) is 2.60. The highest BCUT2D eigenvalue weighted by molar-refractivity contribution is 7.99. The van der Waals surface area contributed by atoms with Gasteiger partial charge < -0.3 is 0 Å². The number of aromatic nitrogens is 3. The molecule has 0 N–H and O–H groups in total. The molecule has 0 aromatic carbocycles. The van der Waals surface area contributed by atoms with Crippen molar-refractivity contribution in [2.45, 2.75) is 37.6 Å². The number of aryl methyl sites for hydroxylation is 2. The van der Waals surface area contributed by atoms with Crippen LogP contribution >= 0.6 is 23.4 Å². The first-order valence-corrected chi connectivity index (χ1v) is 5.95. The second-order valence-electron chi connectivity index (χ2n) is 3.17. The van der Waals surface area contributed by atoms with E-state index in [1.54, 1.807) is 11.8 Å². The van der Waals surface area contributed by atoms with Gasteiger partial charge in [0.05, 0.1) is 11.4 Å². The Morgan fingerprint density at radius 1 is 1.29 bits per heavy atom. The van der Waals surface area contributed by atoms with Crippen molar-refractivity contribution in [2.24, 2.45) is 0 Å². The molecule has 1 atom stereocenters. The number of alkyl halides is 1. The lowest BCUT2D eigenvalue weighted by atomic mass is 10.4. The van der Waals surface area contributed by atoms with Crippen LogP contribution in [0.5, 0.6) is 0 Å². The summed E-state index contributed by atoms with van der Waals surface area (Å²) in [6.45, 7) is 5.97. The number of thioether (sulfide) groups is 1. The highest BCUT2D eigenvalue weighted by Gasteiger charge is 2.07. The largest absolute Gasteiger partial charge is 0.225 e. The molecule has 0 bridgehead atoms. The Hall–Kier alpha value is -0.350. The van der Waals surface area contributed by atoms with Gasteiger partial charge in [-0.1, -0.05) is 18.7 Å². The van der Waals surface area contributed by atoms with E-state index >= 15 is 0 Å². The molecule has 0 aliphatic carbocycles. The minimum absolute atomic E-state index is 0.441. The van der Waals surface area contributed by atoms with Gasteiger partial charge in [-0.25, -0.2) is 4.98 Å². The third kappa shape index (κ3) is 3.42. The lowest BCUT2D eigenvalue weighted by Crippen LogP contribution is -2.02. The molecule has 0 saturated heterocycles. The van der Waals surface area contributed by atoms with E-state index < -0.39 is 0 Å². The van der Waals surface area contributed by atoms with Gasteiger partial charge in [0.15, 0.2) is 0 Å². The van der Waals surface area contributed by atoms with Gasteiger partial charge in [0.25, 0.3) is 0 Å². The minimum atomic E-state index is 0.441. The zero-order valence-electron chi connectivity index (χ0n) is 8.62. The summed E-state index contributed by atoms with van der Waals surface area (Å²) in [5.74, 6) is 0.673. The molecule has 1 unspecified atom stereocenters. The highest BCUT2D eigenvalue weighted by Crippen LogP contribution is 2.21. The molecule has 1 aromatic rings. The van der Waals surface area contributed by atoms with Gasteiger partial charge >= 0.3 is 0 Å². The number of hydrogen-bond donors (Lipinski definition) is 0. The van der Waals surface area contributed by atoms with Crippen LogP contribution in [0, 0.1) is 13.8 Å². The number of rotatable bonds is 4. The van der Waals surface area contributed by atoms with Crippen LogP contribution in [0.3, 0.4) is 0 Å². The first-order chi connectivity index (χ1) is 6.63. The fourth-order valence-corrected chi connectivity index (χ4v) is 2.21. The van der Waals surface area contributed by atoms with E-state index in [0.717, 1.165) is 23.0 Å². The molecule has 0 radical (unpaired) electrons. The van der Waals surface area contributed by atoms with Crippen molar-refractivity contribution in [3.8, 4) is 0 Å². The summed E-state index contributed by atoms with van der Waals surface area (Å²) < 4.78 is 0. The van der Waals surface area contributed by atoms with Crippen molar-refractivity contribution in [1.29, 1.82) is 0 Å². The van der Waals surface area contributed by atoms with Gasteiger partial charge in [0.2, 0.25) is 5.16 Å². The van der Waals surface area contributed by atoms with Crippen molar-refractivity contribution < 1.29 is 0 Å². The lowest BCUT2D eigenvalue weighted by molar-refractivity contribution is 0.781. The predicted molar refractivity (Wildman–Crippen MR) is 60.0 cm³/mol. The van der Waals surface area contributed by atoms with Crippen LogP contribution in [0.25, 0.3) is 0 Å². The molecule has 1 rings (SSSR count). The van der Waals surface area contributed by atoms with E-state index in [9.17, 15) is 0 Å². The molecule has 0 spiro atoms. The Bertz CT molecular complexity index is 306. The Morgan fingerprint density at radius 2 is 2.00 bits per heavy atom. The Labute approximate surface area is 93.7 Å². The minimum Gasteiger partial charge on any atom is -0.225 e. The van der Waals surface area contributed by atoms with Crippen LogP contribution in [-0.2, 0) is 0 Å². The molecule has 1 aromatic heterocycles. The number of nitrogens with zero attached hydrogens (tertiary/aromatic N) is 3. The fraction of sp³-hybridized carbons (Fsp3) is 0.667. The molecule has 0 saturated carbocycles. The quantitative estimate of drug-likeness (QED) is 0.590. The first kappa shape index (κ1) is 11.7. The van der Waals surface area contributed by atoms with Gasteiger partial charge in [-0.15, -0.1) is 16.7 Å². The lowest BCUT2D eigenvalue weighted by Gasteiger charge is -2.07. The van der Waals surface area contributed by atoms with Crippen LogP contribution < -0.4 is 0 Å². The summed E-state index contributed by atoms with van der Waals surface area (Å²) in [6, 6.07) is 0. The van der Waals surface area contributed by atoms with E-state index in [1.165, 1.54) is 0 Å². The first-order valence-electron chi connectivity index (χ1n) is 4.54. The molecule has 0 fully saturated rings. The second-order valence-corrected chi connectivity index (χ2v) is 4.95. The van der Waals surface area contributed by atoms with E-state index in [-0.39, 0.29) is 0 Å². The summed E-state index contributed by atoms with van der Waals surface area (Å²) in [4.78, 5) is 4.34. The van der Waals surface area contributed by atoms with Crippen molar-refractivity contribution in [2.75, 3.05) is 5.88 Å². The highest BCUT2D eigenvalue weighted by atomic mass is 35.5. The van der Waals surface area contributed by atoms with Crippen molar-refractivity contribution in [3.05, 3.63) is 11.4 Å². The normalized spacial score (nSPS) is 12.9. The molecule has 1 heterocycles. The third-order valence-corrected chi connectivity index (χ3v) is 3.13. The zero-order valence-corrected chi connectivity index (χ0v) is 10.2. The van der Waals surface area contributed by atoms with Gasteiger partial charge in [-0.2, -0.15) is 5.10 Å². The van der Waals surface area contributed by atoms with Crippen LogP contribution in [0.2, 0.25) is 0 Å². The average molecular weight is 232 g/mol.